The zero-order chi connectivity index (χ0) is 9.42. The molecular weight excluding hydrogens is 171 g/mol. The highest BCUT2D eigenvalue weighted by Gasteiger charge is 2.31. The maximum atomic E-state index is 12.5. The highest BCUT2D eigenvalue weighted by Crippen LogP contribution is 2.16. The highest BCUT2D eigenvalue weighted by molar-refractivity contribution is 5.95. The fourth-order valence-electron chi connectivity index (χ4n) is 1.45. The minimum Gasteiger partial charge on any atom is -0.365 e. The first-order valence-electron chi connectivity index (χ1n) is 4.26. The summed E-state index contributed by atoms with van der Waals surface area (Å²) in [5.74, 6) is -0.0762. The van der Waals surface area contributed by atoms with Crippen LogP contribution in [0.3, 0.4) is 0 Å². The lowest BCUT2D eigenvalue weighted by atomic mass is 10.1. The lowest BCUT2D eigenvalue weighted by Gasteiger charge is -2.34. The topological polar surface area (TPSA) is 36.1 Å². The molecular formula is C9H11FN2O. The van der Waals surface area contributed by atoms with E-state index >= 15 is 0 Å². The Balaban J connectivity index is 2.10. The van der Waals surface area contributed by atoms with Gasteiger partial charge >= 0.3 is 0 Å². The Morgan fingerprint density at radius 2 is 2.38 bits per heavy atom. The van der Waals surface area contributed by atoms with Crippen LogP contribution in [0.4, 0.5) is 4.39 Å². The minimum absolute atomic E-state index is 0.0762. The van der Waals surface area contributed by atoms with E-state index in [2.05, 4.69) is 4.98 Å². The van der Waals surface area contributed by atoms with Crippen LogP contribution in [-0.2, 0) is 0 Å². The van der Waals surface area contributed by atoms with Gasteiger partial charge in [-0.2, -0.15) is 0 Å². The van der Waals surface area contributed by atoms with Crippen LogP contribution in [0.5, 0.6) is 0 Å². The van der Waals surface area contributed by atoms with E-state index in [1.165, 1.54) is 4.90 Å². The molecule has 0 unspecified atom stereocenters. The van der Waals surface area contributed by atoms with Gasteiger partial charge in [0.05, 0.1) is 18.7 Å². The van der Waals surface area contributed by atoms with Crippen LogP contribution in [0.25, 0.3) is 0 Å². The molecule has 2 heterocycles. The van der Waals surface area contributed by atoms with E-state index in [0.29, 0.717) is 5.56 Å². The largest absolute Gasteiger partial charge is 0.365 e. The maximum absolute atomic E-state index is 12.5. The summed E-state index contributed by atoms with van der Waals surface area (Å²) >= 11 is 0. The molecule has 1 aromatic rings. The first-order valence-corrected chi connectivity index (χ1v) is 4.26. The molecule has 1 fully saturated rings. The molecule has 1 amide bonds. The Labute approximate surface area is 75.5 Å². The van der Waals surface area contributed by atoms with Crippen molar-refractivity contribution in [3.05, 3.63) is 23.5 Å². The molecule has 0 atom stereocenters. The van der Waals surface area contributed by atoms with Crippen LogP contribution in [0.2, 0.25) is 0 Å². The second-order valence-corrected chi connectivity index (χ2v) is 3.32. The zero-order valence-corrected chi connectivity index (χ0v) is 7.38. The lowest BCUT2D eigenvalue weighted by Crippen LogP contribution is -2.51. The number of rotatable bonds is 1. The van der Waals surface area contributed by atoms with Crippen molar-refractivity contribution in [3.8, 4) is 0 Å². The van der Waals surface area contributed by atoms with Gasteiger partial charge < -0.3 is 9.88 Å². The van der Waals surface area contributed by atoms with Crippen molar-refractivity contribution < 1.29 is 9.18 Å². The summed E-state index contributed by atoms with van der Waals surface area (Å²) in [6, 6.07) is 1.73. The molecule has 0 radical (unpaired) electrons. The predicted octanol–water partition coefficient (Wildman–Crippen LogP) is 1.12. The minimum atomic E-state index is -0.830. The van der Waals surface area contributed by atoms with Gasteiger partial charge in [0.1, 0.15) is 6.17 Å². The number of carbonyl (C=O) groups excluding carboxylic acids is 1. The van der Waals surface area contributed by atoms with Crippen LogP contribution >= 0.6 is 0 Å². The fraction of sp³-hybridized carbons (Fsp3) is 0.444. The molecule has 0 aromatic carbocycles. The molecule has 1 aliphatic rings. The number of hydrogen-bond donors (Lipinski definition) is 1. The van der Waals surface area contributed by atoms with E-state index in [4.69, 9.17) is 0 Å². The first-order chi connectivity index (χ1) is 6.18. The molecule has 1 aromatic heterocycles. The summed E-state index contributed by atoms with van der Waals surface area (Å²) in [5, 5.41) is 0. The molecule has 70 valence electrons. The van der Waals surface area contributed by atoms with Gasteiger partial charge in [-0.15, -0.1) is 0 Å². The second kappa shape index (κ2) is 2.87. The normalized spacial score (nSPS) is 17.2. The standard InChI is InChI=1S/C9H11FN2O/c1-6-8(2-3-11-6)9(13)12-4-7(10)5-12/h2-3,7,11H,4-5H2,1H3. The average Bonchev–Trinajstić information content (AvgIpc) is 2.44. The Hall–Kier alpha value is -1.32. The highest BCUT2D eigenvalue weighted by atomic mass is 19.1. The van der Waals surface area contributed by atoms with Gasteiger partial charge in [0, 0.05) is 11.9 Å². The molecule has 1 N–H and O–H groups in total. The second-order valence-electron chi connectivity index (χ2n) is 3.32. The first kappa shape index (κ1) is 8.29. The van der Waals surface area contributed by atoms with Crippen molar-refractivity contribution in [2.45, 2.75) is 13.1 Å². The summed E-state index contributed by atoms with van der Waals surface area (Å²) in [7, 11) is 0. The Morgan fingerprint density at radius 1 is 1.69 bits per heavy atom. The van der Waals surface area contributed by atoms with Crippen molar-refractivity contribution in [2.24, 2.45) is 0 Å². The van der Waals surface area contributed by atoms with Crippen LogP contribution in [0.1, 0.15) is 16.1 Å². The number of aromatic amines is 1. The van der Waals surface area contributed by atoms with E-state index in [1.807, 2.05) is 6.92 Å². The number of aryl methyl sites for hydroxylation is 1. The zero-order valence-electron chi connectivity index (χ0n) is 7.38. The number of alkyl halides is 1. The van der Waals surface area contributed by atoms with Crippen molar-refractivity contribution in [1.82, 2.24) is 9.88 Å². The quantitative estimate of drug-likeness (QED) is 0.694. The number of nitrogens with zero attached hydrogens (tertiary/aromatic N) is 1. The van der Waals surface area contributed by atoms with Gasteiger partial charge in [-0.3, -0.25) is 4.79 Å². The summed E-state index contributed by atoms with van der Waals surface area (Å²) in [6.45, 7) is 2.31. The lowest BCUT2D eigenvalue weighted by molar-refractivity contribution is 0.0399. The third-order valence-corrected chi connectivity index (χ3v) is 2.31. The predicted molar refractivity (Wildman–Crippen MR) is 46.3 cm³/mol. The van der Waals surface area contributed by atoms with Gasteiger partial charge in [0.25, 0.3) is 5.91 Å². The molecule has 1 saturated heterocycles. The number of amides is 1. The van der Waals surface area contributed by atoms with Crippen LogP contribution in [0, 0.1) is 6.92 Å². The van der Waals surface area contributed by atoms with Crippen molar-refractivity contribution in [2.75, 3.05) is 13.1 Å². The van der Waals surface area contributed by atoms with Crippen LogP contribution in [-0.4, -0.2) is 35.1 Å². The van der Waals surface area contributed by atoms with Gasteiger partial charge in [-0.1, -0.05) is 0 Å². The molecule has 2 rings (SSSR count). The van der Waals surface area contributed by atoms with Crippen molar-refractivity contribution >= 4 is 5.91 Å². The average molecular weight is 182 g/mol. The summed E-state index contributed by atoms with van der Waals surface area (Å²) in [5.41, 5.74) is 1.49. The molecule has 4 heteroatoms. The number of aromatic nitrogens is 1. The smallest absolute Gasteiger partial charge is 0.255 e. The van der Waals surface area contributed by atoms with E-state index < -0.39 is 6.17 Å². The molecule has 0 spiro atoms. The van der Waals surface area contributed by atoms with E-state index in [1.54, 1.807) is 12.3 Å². The number of likely N-dealkylation sites (tertiary alicyclic amines) is 1. The van der Waals surface area contributed by atoms with E-state index in [0.717, 1.165) is 5.69 Å². The van der Waals surface area contributed by atoms with Crippen LogP contribution in [0.15, 0.2) is 12.3 Å². The van der Waals surface area contributed by atoms with E-state index in [9.17, 15) is 9.18 Å². The monoisotopic (exact) mass is 182 g/mol. The summed E-state index contributed by atoms with van der Waals surface area (Å²) in [6.07, 6.45) is 0.887. The van der Waals surface area contributed by atoms with Crippen molar-refractivity contribution in [3.63, 3.8) is 0 Å². The van der Waals surface area contributed by atoms with Gasteiger partial charge in [0.15, 0.2) is 0 Å². The van der Waals surface area contributed by atoms with Gasteiger partial charge in [-0.05, 0) is 13.0 Å². The molecule has 0 saturated carbocycles. The number of hydrogen-bond acceptors (Lipinski definition) is 1. The molecule has 13 heavy (non-hydrogen) atoms. The maximum Gasteiger partial charge on any atom is 0.255 e. The summed E-state index contributed by atoms with van der Waals surface area (Å²) in [4.78, 5) is 16.0. The molecule has 1 aliphatic heterocycles. The third kappa shape index (κ3) is 1.32. The fourth-order valence-corrected chi connectivity index (χ4v) is 1.45. The Morgan fingerprint density at radius 3 is 2.85 bits per heavy atom. The molecule has 0 aliphatic carbocycles. The van der Waals surface area contributed by atoms with E-state index in [-0.39, 0.29) is 19.0 Å². The molecule has 3 nitrogen and oxygen atoms in total. The molecule has 0 bridgehead atoms. The van der Waals surface area contributed by atoms with Crippen LogP contribution < -0.4 is 0 Å². The SMILES string of the molecule is Cc1[nH]ccc1C(=O)N1CC(F)C1. The number of halogens is 1. The third-order valence-electron chi connectivity index (χ3n) is 2.31. The Kier molecular flexibility index (Phi) is 1.83. The number of H-pyrrole nitrogens is 1. The Bertz CT molecular complexity index is 328. The summed E-state index contributed by atoms with van der Waals surface area (Å²) < 4.78 is 12.5. The van der Waals surface area contributed by atoms with Crippen molar-refractivity contribution in [1.29, 1.82) is 0 Å². The number of nitrogens with one attached hydrogen (secondary N) is 1. The van der Waals surface area contributed by atoms with Gasteiger partial charge in [-0.25, -0.2) is 4.39 Å². The van der Waals surface area contributed by atoms with Gasteiger partial charge in [0.2, 0.25) is 0 Å². The number of carbonyl (C=O) groups is 1.